The number of sulfonamides is 1. The van der Waals surface area contributed by atoms with Gasteiger partial charge in [-0.25, -0.2) is 4.79 Å². The van der Waals surface area contributed by atoms with Crippen molar-refractivity contribution in [1.82, 2.24) is 9.78 Å². The number of furan rings is 1. The number of benzene rings is 1. The fraction of sp³-hybridized carbons (Fsp3) is 0.0769. The Bertz CT molecular complexity index is 938. The number of aryl methyl sites for hydroxylation is 1. The van der Waals surface area contributed by atoms with E-state index in [1.165, 1.54) is 13.1 Å². The molecule has 2 N–H and O–H groups in total. The van der Waals surface area contributed by atoms with Crippen LogP contribution in [0.2, 0.25) is 0 Å². The van der Waals surface area contributed by atoms with E-state index in [9.17, 15) is 13.2 Å². The van der Waals surface area contributed by atoms with E-state index in [-0.39, 0.29) is 16.6 Å². The Hall–Kier alpha value is -2.81. The fourth-order valence-electron chi connectivity index (χ4n) is 2.00. The highest BCUT2D eigenvalue weighted by Crippen LogP contribution is 2.24. The molecule has 0 radical (unpaired) electrons. The molecule has 0 bridgehead atoms. The van der Waals surface area contributed by atoms with Crippen LogP contribution in [-0.4, -0.2) is 29.3 Å². The van der Waals surface area contributed by atoms with Crippen LogP contribution in [0, 0.1) is 0 Å². The molecule has 0 aliphatic heterocycles. The van der Waals surface area contributed by atoms with E-state index in [2.05, 4.69) is 9.82 Å². The second kappa shape index (κ2) is 4.88. The van der Waals surface area contributed by atoms with Crippen molar-refractivity contribution in [3.05, 3.63) is 42.1 Å². The van der Waals surface area contributed by atoms with Crippen molar-refractivity contribution in [3.8, 4) is 0 Å². The summed E-state index contributed by atoms with van der Waals surface area (Å²) in [4.78, 5) is 10.9. The van der Waals surface area contributed by atoms with Crippen LogP contribution in [-0.2, 0) is 17.1 Å². The molecule has 1 aromatic carbocycles. The SMILES string of the molecule is Cn1nc(NS(=O)(=O)c2cc3ccccc3o2)cc1C(=O)O. The number of carbonyl (C=O) groups is 1. The van der Waals surface area contributed by atoms with Crippen LogP contribution >= 0.6 is 0 Å². The first-order valence-corrected chi connectivity index (χ1v) is 7.64. The van der Waals surface area contributed by atoms with E-state index >= 15 is 0 Å². The normalized spacial score (nSPS) is 11.7. The minimum absolute atomic E-state index is 0.0969. The highest BCUT2D eigenvalue weighted by Gasteiger charge is 2.22. The monoisotopic (exact) mass is 321 g/mol. The molecule has 0 saturated heterocycles. The van der Waals surface area contributed by atoms with Gasteiger partial charge in [0.15, 0.2) is 5.82 Å². The topological polar surface area (TPSA) is 114 Å². The quantitative estimate of drug-likeness (QED) is 0.755. The summed E-state index contributed by atoms with van der Waals surface area (Å²) in [5.74, 6) is -1.30. The molecule has 0 fully saturated rings. The number of nitrogens with one attached hydrogen (secondary N) is 1. The molecule has 2 aromatic heterocycles. The summed E-state index contributed by atoms with van der Waals surface area (Å²) in [6, 6.07) is 9.38. The molecule has 0 atom stereocenters. The number of carboxylic acid groups (broad SMARTS) is 1. The van der Waals surface area contributed by atoms with Crippen LogP contribution in [0.3, 0.4) is 0 Å². The molecule has 0 unspecified atom stereocenters. The Labute approximate surface area is 125 Å². The number of para-hydroxylation sites is 1. The maximum Gasteiger partial charge on any atom is 0.354 e. The Morgan fingerprint density at radius 1 is 1.32 bits per heavy atom. The molecule has 114 valence electrons. The lowest BCUT2D eigenvalue weighted by Crippen LogP contribution is -2.12. The average Bonchev–Trinajstić information content (AvgIpc) is 3.02. The highest BCUT2D eigenvalue weighted by atomic mass is 32.2. The molecule has 0 spiro atoms. The first-order chi connectivity index (χ1) is 10.4. The standard InChI is InChI=1S/C13H11N3O5S/c1-16-9(13(17)18)7-11(14-16)15-22(19,20)12-6-8-4-2-3-5-10(8)21-12/h2-7H,1H3,(H,14,15)(H,17,18). The van der Waals surface area contributed by atoms with Crippen molar-refractivity contribution in [2.75, 3.05) is 4.72 Å². The number of nitrogens with zero attached hydrogens (tertiary/aromatic N) is 2. The number of fused-ring (bicyclic) bond motifs is 1. The molecule has 0 aliphatic carbocycles. The van der Waals surface area contributed by atoms with Crippen molar-refractivity contribution in [2.45, 2.75) is 5.09 Å². The van der Waals surface area contributed by atoms with Crippen molar-refractivity contribution in [3.63, 3.8) is 0 Å². The predicted octanol–water partition coefficient (Wildman–Crippen LogP) is 1.67. The van der Waals surface area contributed by atoms with Gasteiger partial charge in [0.25, 0.3) is 10.0 Å². The van der Waals surface area contributed by atoms with Gasteiger partial charge in [0.05, 0.1) is 0 Å². The number of anilines is 1. The minimum Gasteiger partial charge on any atom is -0.477 e. The van der Waals surface area contributed by atoms with Gasteiger partial charge in [-0.2, -0.15) is 13.5 Å². The van der Waals surface area contributed by atoms with Gasteiger partial charge in [-0.15, -0.1) is 0 Å². The largest absolute Gasteiger partial charge is 0.477 e. The Kier molecular flexibility index (Phi) is 3.14. The van der Waals surface area contributed by atoms with E-state index in [1.807, 2.05) is 0 Å². The van der Waals surface area contributed by atoms with Gasteiger partial charge in [0.2, 0.25) is 5.09 Å². The molecule has 0 aliphatic rings. The van der Waals surface area contributed by atoms with E-state index in [4.69, 9.17) is 9.52 Å². The number of hydrogen-bond acceptors (Lipinski definition) is 5. The third-order valence-electron chi connectivity index (χ3n) is 3.01. The molecule has 9 heteroatoms. The van der Waals surface area contributed by atoms with Crippen molar-refractivity contribution < 1.29 is 22.7 Å². The summed E-state index contributed by atoms with van der Waals surface area (Å²) in [7, 11) is -2.58. The number of carboxylic acids is 1. The summed E-state index contributed by atoms with van der Waals surface area (Å²) in [5, 5.41) is 13.1. The fourth-order valence-corrected chi connectivity index (χ4v) is 2.95. The predicted molar refractivity (Wildman–Crippen MR) is 77.2 cm³/mol. The van der Waals surface area contributed by atoms with E-state index in [0.29, 0.717) is 11.0 Å². The van der Waals surface area contributed by atoms with Gasteiger partial charge in [0.1, 0.15) is 11.3 Å². The van der Waals surface area contributed by atoms with Gasteiger partial charge >= 0.3 is 5.97 Å². The minimum atomic E-state index is -3.99. The smallest absolute Gasteiger partial charge is 0.354 e. The zero-order valence-corrected chi connectivity index (χ0v) is 12.2. The molecular formula is C13H11N3O5S. The summed E-state index contributed by atoms with van der Waals surface area (Å²) in [5.41, 5.74) is 0.303. The second-order valence-corrected chi connectivity index (χ2v) is 6.17. The Morgan fingerprint density at radius 2 is 2.05 bits per heavy atom. The molecule has 3 rings (SSSR count). The zero-order valence-electron chi connectivity index (χ0n) is 11.3. The van der Waals surface area contributed by atoms with Gasteiger partial charge in [-0.1, -0.05) is 18.2 Å². The van der Waals surface area contributed by atoms with Crippen molar-refractivity contribution >= 4 is 32.8 Å². The van der Waals surface area contributed by atoms with Crippen LogP contribution < -0.4 is 4.72 Å². The zero-order chi connectivity index (χ0) is 15.9. The average molecular weight is 321 g/mol. The van der Waals surface area contributed by atoms with E-state index in [0.717, 1.165) is 10.7 Å². The summed E-state index contributed by atoms with van der Waals surface area (Å²) >= 11 is 0. The molecular weight excluding hydrogens is 310 g/mol. The van der Waals surface area contributed by atoms with Crippen LogP contribution in [0.1, 0.15) is 10.5 Å². The van der Waals surface area contributed by atoms with E-state index in [1.54, 1.807) is 24.3 Å². The summed E-state index contributed by atoms with van der Waals surface area (Å²) < 4.78 is 33.1. The Balaban J connectivity index is 1.96. The van der Waals surface area contributed by atoms with Gasteiger partial charge < -0.3 is 9.52 Å². The lowest BCUT2D eigenvalue weighted by Gasteiger charge is -2.00. The highest BCUT2D eigenvalue weighted by molar-refractivity contribution is 7.92. The van der Waals surface area contributed by atoms with Crippen LogP contribution in [0.25, 0.3) is 11.0 Å². The van der Waals surface area contributed by atoms with Crippen LogP contribution in [0.5, 0.6) is 0 Å². The summed E-state index contributed by atoms with van der Waals surface area (Å²) in [6.07, 6.45) is 0. The first kappa shape index (κ1) is 14.1. The number of rotatable bonds is 4. The maximum absolute atomic E-state index is 12.3. The third-order valence-corrected chi connectivity index (χ3v) is 4.21. The molecule has 3 aromatic rings. The lowest BCUT2D eigenvalue weighted by molar-refractivity contribution is 0.0685. The van der Waals surface area contributed by atoms with Gasteiger partial charge in [-0.3, -0.25) is 9.40 Å². The summed E-state index contributed by atoms with van der Waals surface area (Å²) in [6.45, 7) is 0. The van der Waals surface area contributed by atoms with Crippen molar-refractivity contribution in [2.24, 2.45) is 7.05 Å². The second-order valence-electron chi connectivity index (χ2n) is 4.55. The lowest BCUT2D eigenvalue weighted by atomic mass is 10.3. The number of hydrogen-bond donors (Lipinski definition) is 2. The third kappa shape index (κ3) is 2.42. The van der Waals surface area contributed by atoms with Crippen LogP contribution in [0.15, 0.2) is 45.9 Å². The molecule has 0 saturated carbocycles. The van der Waals surface area contributed by atoms with Gasteiger partial charge in [-0.05, 0) is 6.07 Å². The molecule has 8 nitrogen and oxygen atoms in total. The molecule has 2 heterocycles. The molecule has 22 heavy (non-hydrogen) atoms. The first-order valence-electron chi connectivity index (χ1n) is 6.15. The van der Waals surface area contributed by atoms with Gasteiger partial charge in [0, 0.05) is 24.6 Å². The Morgan fingerprint density at radius 3 is 2.68 bits per heavy atom. The maximum atomic E-state index is 12.3. The van der Waals surface area contributed by atoms with Crippen LogP contribution in [0.4, 0.5) is 5.82 Å². The molecule has 0 amide bonds. The number of aromatic carboxylic acids is 1. The van der Waals surface area contributed by atoms with Crippen molar-refractivity contribution in [1.29, 1.82) is 0 Å². The number of aromatic nitrogens is 2. The van der Waals surface area contributed by atoms with E-state index < -0.39 is 16.0 Å².